The van der Waals surface area contributed by atoms with Crippen LogP contribution in [0.15, 0.2) is 5.38 Å². The van der Waals surface area contributed by atoms with Gasteiger partial charge in [0.25, 0.3) is 0 Å². The van der Waals surface area contributed by atoms with Crippen LogP contribution in [0.5, 0.6) is 11.5 Å². The molecule has 0 spiro atoms. The number of thiophene rings is 1. The van der Waals surface area contributed by atoms with Crippen LogP contribution in [0, 0.1) is 5.92 Å². The van der Waals surface area contributed by atoms with Gasteiger partial charge in [0.05, 0.1) is 19.1 Å². The molecule has 1 heterocycles. The van der Waals surface area contributed by atoms with E-state index >= 15 is 0 Å². The average molecular weight is 245 g/mol. The molecule has 92 valence electrons. The minimum Gasteiger partial charge on any atom is -0.492 e. The van der Waals surface area contributed by atoms with Gasteiger partial charge in [-0.2, -0.15) is 0 Å². The van der Waals surface area contributed by atoms with Crippen LogP contribution < -0.4 is 15.2 Å². The van der Waals surface area contributed by atoms with Crippen molar-refractivity contribution in [2.75, 3.05) is 14.2 Å². The third-order valence-electron chi connectivity index (χ3n) is 2.57. The van der Waals surface area contributed by atoms with E-state index in [4.69, 9.17) is 15.2 Å². The fourth-order valence-electron chi connectivity index (χ4n) is 1.43. The predicted molar refractivity (Wildman–Crippen MR) is 65.2 cm³/mol. The molecule has 4 nitrogen and oxygen atoms in total. The van der Waals surface area contributed by atoms with E-state index < -0.39 is 6.10 Å². The minimum atomic E-state index is -0.719. The molecule has 3 N–H and O–H groups in total. The highest BCUT2D eigenvalue weighted by Gasteiger charge is 2.26. The Morgan fingerprint density at radius 2 is 1.94 bits per heavy atom. The zero-order chi connectivity index (χ0) is 12.3. The molecule has 2 unspecified atom stereocenters. The van der Waals surface area contributed by atoms with Crippen molar-refractivity contribution in [1.29, 1.82) is 0 Å². The standard InChI is InChI=1S/C11H19NO3S/c1-6(2)8(12)9(13)11-10(15-4)7(14-3)5-16-11/h5-6,8-9,13H,12H2,1-4H3. The molecule has 0 aliphatic heterocycles. The Morgan fingerprint density at radius 1 is 1.31 bits per heavy atom. The van der Waals surface area contributed by atoms with Crippen molar-refractivity contribution in [3.8, 4) is 11.5 Å². The van der Waals surface area contributed by atoms with E-state index in [2.05, 4.69) is 0 Å². The highest BCUT2D eigenvalue weighted by Crippen LogP contribution is 2.41. The first kappa shape index (κ1) is 13.3. The Bertz CT molecular complexity index is 338. The Labute approximate surface area is 100.0 Å². The van der Waals surface area contributed by atoms with Crippen LogP contribution in [-0.2, 0) is 0 Å². The summed E-state index contributed by atoms with van der Waals surface area (Å²) in [6.07, 6.45) is -0.719. The van der Waals surface area contributed by atoms with E-state index in [1.807, 2.05) is 19.2 Å². The van der Waals surface area contributed by atoms with E-state index in [-0.39, 0.29) is 12.0 Å². The SMILES string of the molecule is COc1csc(C(O)C(N)C(C)C)c1OC. The van der Waals surface area contributed by atoms with Crippen molar-refractivity contribution < 1.29 is 14.6 Å². The fourth-order valence-corrected chi connectivity index (χ4v) is 2.46. The number of aliphatic hydroxyl groups is 1. The number of methoxy groups -OCH3 is 2. The number of rotatable bonds is 5. The summed E-state index contributed by atoms with van der Waals surface area (Å²) in [5, 5.41) is 11.9. The lowest BCUT2D eigenvalue weighted by molar-refractivity contribution is 0.126. The molecule has 0 aromatic carbocycles. The van der Waals surface area contributed by atoms with Crippen LogP contribution in [-0.4, -0.2) is 25.4 Å². The third-order valence-corrected chi connectivity index (χ3v) is 3.58. The third kappa shape index (κ3) is 2.48. The molecule has 1 rings (SSSR count). The van der Waals surface area contributed by atoms with E-state index in [1.54, 1.807) is 14.2 Å². The van der Waals surface area contributed by atoms with Crippen molar-refractivity contribution in [3.63, 3.8) is 0 Å². The molecule has 0 radical (unpaired) electrons. The quantitative estimate of drug-likeness (QED) is 0.830. The summed E-state index contributed by atoms with van der Waals surface area (Å²) in [5.41, 5.74) is 5.93. The molecule has 0 aliphatic carbocycles. The van der Waals surface area contributed by atoms with E-state index in [1.165, 1.54) is 11.3 Å². The summed E-state index contributed by atoms with van der Waals surface area (Å²) in [5.74, 6) is 1.42. The second-order valence-electron chi connectivity index (χ2n) is 3.97. The van der Waals surface area contributed by atoms with Gasteiger partial charge in [-0.1, -0.05) is 13.8 Å². The zero-order valence-corrected chi connectivity index (χ0v) is 10.9. The molecule has 1 aromatic rings. The lowest BCUT2D eigenvalue weighted by Gasteiger charge is -2.22. The number of ether oxygens (including phenoxy) is 2. The summed E-state index contributed by atoms with van der Waals surface area (Å²) >= 11 is 1.40. The van der Waals surface area contributed by atoms with Crippen LogP contribution >= 0.6 is 11.3 Å². The number of nitrogens with two attached hydrogens (primary N) is 1. The molecule has 1 aromatic heterocycles. The van der Waals surface area contributed by atoms with Crippen LogP contribution in [0.3, 0.4) is 0 Å². The summed E-state index contributed by atoms with van der Waals surface area (Å²) < 4.78 is 10.4. The van der Waals surface area contributed by atoms with Gasteiger partial charge >= 0.3 is 0 Å². The van der Waals surface area contributed by atoms with Gasteiger partial charge < -0.3 is 20.3 Å². The largest absolute Gasteiger partial charge is 0.492 e. The Balaban J connectivity index is 2.99. The van der Waals surface area contributed by atoms with Crippen LogP contribution in [0.2, 0.25) is 0 Å². The molecule has 5 heteroatoms. The topological polar surface area (TPSA) is 64.7 Å². The number of aliphatic hydroxyl groups excluding tert-OH is 1. The lowest BCUT2D eigenvalue weighted by Crippen LogP contribution is -2.33. The highest BCUT2D eigenvalue weighted by molar-refractivity contribution is 7.10. The van der Waals surface area contributed by atoms with Gasteiger partial charge in [0.15, 0.2) is 11.5 Å². The Kier molecular flexibility index (Phi) is 4.58. The first-order valence-electron chi connectivity index (χ1n) is 5.15. The monoisotopic (exact) mass is 245 g/mol. The second-order valence-corrected chi connectivity index (χ2v) is 4.88. The van der Waals surface area contributed by atoms with Gasteiger partial charge in [0, 0.05) is 11.4 Å². The molecule has 0 bridgehead atoms. The van der Waals surface area contributed by atoms with Crippen molar-refractivity contribution in [3.05, 3.63) is 10.3 Å². The summed E-state index contributed by atoms with van der Waals surface area (Å²) in [7, 11) is 3.13. The van der Waals surface area contributed by atoms with Crippen molar-refractivity contribution >= 4 is 11.3 Å². The summed E-state index contributed by atoms with van der Waals surface area (Å²) in [4.78, 5) is 0.723. The van der Waals surface area contributed by atoms with Crippen molar-refractivity contribution in [1.82, 2.24) is 0 Å². The van der Waals surface area contributed by atoms with Gasteiger partial charge in [-0.25, -0.2) is 0 Å². The predicted octanol–water partition coefficient (Wildman–Crippen LogP) is 1.78. The molecule has 0 fully saturated rings. The van der Waals surface area contributed by atoms with Gasteiger partial charge in [-0.15, -0.1) is 11.3 Å². The first-order valence-corrected chi connectivity index (χ1v) is 6.03. The highest BCUT2D eigenvalue weighted by atomic mass is 32.1. The molecular weight excluding hydrogens is 226 g/mol. The zero-order valence-electron chi connectivity index (χ0n) is 10.1. The number of hydrogen-bond donors (Lipinski definition) is 2. The van der Waals surface area contributed by atoms with E-state index in [0.29, 0.717) is 11.5 Å². The maximum absolute atomic E-state index is 10.1. The van der Waals surface area contributed by atoms with Gasteiger partial charge in [0.2, 0.25) is 0 Å². The minimum absolute atomic E-state index is 0.202. The van der Waals surface area contributed by atoms with Crippen LogP contribution in [0.1, 0.15) is 24.8 Å². The van der Waals surface area contributed by atoms with Crippen LogP contribution in [0.25, 0.3) is 0 Å². The first-order chi connectivity index (χ1) is 7.52. The molecule has 2 atom stereocenters. The average Bonchev–Trinajstić information content (AvgIpc) is 2.69. The lowest BCUT2D eigenvalue weighted by atomic mass is 9.98. The van der Waals surface area contributed by atoms with E-state index in [9.17, 15) is 5.11 Å². The van der Waals surface area contributed by atoms with Gasteiger partial charge in [-0.05, 0) is 5.92 Å². The maximum atomic E-state index is 10.1. The smallest absolute Gasteiger partial charge is 0.177 e. The molecule has 16 heavy (non-hydrogen) atoms. The normalized spacial score (nSPS) is 14.9. The number of hydrogen-bond acceptors (Lipinski definition) is 5. The maximum Gasteiger partial charge on any atom is 0.177 e. The van der Waals surface area contributed by atoms with Crippen molar-refractivity contribution in [2.45, 2.75) is 26.0 Å². The molecule has 0 amide bonds. The Morgan fingerprint density at radius 3 is 2.38 bits per heavy atom. The molecule has 0 aliphatic rings. The second kappa shape index (κ2) is 5.52. The Hall–Kier alpha value is -0.780. The van der Waals surface area contributed by atoms with Crippen LogP contribution in [0.4, 0.5) is 0 Å². The van der Waals surface area contributed by atoms with Gasteiger partial charge in [-0.3, -0.25) is 0 Å². The van der Waals surface area contributed by atoms with Crippen molar-refractivity contribution in [2.24, 2.45) is 11.7 Å². The van der Waals surface area contributed by atoms with E-state index in [0.717, 1.165) is 4.88 Å². The fraction of sp³-hybridized carbons (Fsp3) is 0.636. The molecule has 0 saturated carbocycles. The molecular formula is C11H19NO3S. The summed E-state index contributed by atoms with van der Waals surface area (Å²) in [6, 6.07) is -0.308. The molecule has 0 saturated heterocycles. The van der Waals surface area contributed by atoms with Gasteiger partial charge in [0.1, 0.15) is 6.10 Å². The summed E-state index contributed by atoms with van der Waals surface area (Å²) in [6.45, 7) is 3.95.